The van der Waals surface area contributed by atoms with Gasteiger partial charge in [0.15, 0.2) is 21.3 Å². The zero-order chi connectivity index (χ0) is 22.6. The van der Waals surface area contributed by atoms with Crippen LogP contribution in [0.5, 0.6) is 11.5 Å². The first-order valence-electron chi connectivity index (χ1n) is 10.0. The maximum Gasteiger partial charge on any atom is 0.227 e. The van der Waals surface area contributed by atoms with E-state index < -0.39 is 9.84 Å². The number of amides is 1. The number of aromatic hydroxyl groups is 1. The Hall–Kier alpha value is -2.10. The Bertz CT molecular complexity index is 1040. The van der Waals surface area contributed by atoms with Crippen molar-refractivity contribution < 1.29 is 23.1 Å². The predicted octanol–water partition coefficient (Wildman–Crippen LogP) is 2.84. The molecule has 1 fully saturated rings. The molecule has 1 heterocycles. The van der Waals surface area contributed by atoms with E-state index in [4.69, 9.17) is 4.74 Å². The van der Waals surface area contributed by atoms with Gasteiger partial charge in [0, 0.05) is 43.5 Å². The zero-order valence-corrected chi connectivity index (χ0v) is 20.1. The van der Waals surface area contributed by atoms with Gasteiger partial charge >= 0.3 is 0 Å². The Kier molecular flexibility index (Phi) is 7.61. The normalized spacial score (nSPS) is 15.5. The monoisotopic (exact) mass is 510 g/mol. The standard InChI is InChI=1S/C22H27BrN2O5S/c1-30-21-12-17(19(23)14-20(21)26)13-22(27)25-9-3-8-24(10-11-25)15-16-4-6-18(7-5-16)31(2,28)29/h4-7,12,14,26H,3,8-11,13,15H2,1-2H3. The number of sulfone groups is 1. The molecule has 168 valence electrons. The van der Waals surface area contributed by atoms with E-state index in [1.807, 2.05) is 17.0 Å². The van der Waals surface area contributed by atoms with Crippen molar-refractivity contribution in [3.63, 3.8) is 0 Å². The first-order valence-corrected chi connectivity index (χ1v) is 12.7. The lowest BCUT2D eigenvalue weighted by atomic mass is 10.1. The fraction of sp³-hybridized carbons (Fsp3) is 0.409. The summed E-state index contributed by atoms with van der Waals surface area (Å²) in [6.45, 7) is 3.66. The number of phenols is 1. The van der Waals surface area contributed by atoms with Gasteiger partial charge in [-0.3, -0.25) is 9.69 Å². The second-order valence-electron chi connectivity index (χ2n) is 7.72. The number of methoxy groups -OCH3 is 1. The minimum Gasteiger partial charge on any atom is -0.504 e. The van der Waals surface area contributed by atoms with Crippen molar-refractivity contribution in [1.82, 2.24) is 9.80 Å². The van der Waals surface area contributed by atoms with Crippen LogP contribution in [0.2, 0.25) is 0 Å². The van der Waals surface area contributed by atoms with Crippen molar-refractivity contribution in [2.45, 2.75) is 24.3 Å². The first kappa shape index (κ1) is 23.6. The van der Waals surface area contributed by atoms with Crippen molar-refractivity contribution in [3.05, 3.63) is 52.0 Å². The number of phenolic OH excluding ortho intramolecular Hbond substituents is 1. The van der Waals surface area contributed by atoms with Gasteiger partial charge in [0.05, 0.1) is 18.4 Å². The molecule has 0 spiro atoms. The number of nitrogens with zero attached hydrogens (tertiary/aromatic N) is 2. The van der Waals surface area contributed by atoms with Crippen molar-refractivity contribution in [1.29, 1.82) is 0 Å². The summed E-state index contributed by atoms with van der Waals surface area (Å²) in [5.74, 6) is 0.406. The van der Waals surface area contributed by atoms with Gasteiger partial charge in [-0.1, -0.05) is 28.1 Å². The average molecular weight is 511 g/mol. The average Bonchev–Trinajstić information content (AvgIpc) is 2.95. The second-order valence-corrected chi connectivity index (χ2v) is 10.6. The Balaban J connectivity index is 1.59. The third kappa shape index (κ3) is 6.21. The van der Waals surface area contributed by atoms with Crippen molar-refractivity contribution in [2.24, 2.45) is 0 Å². The molecule has 9 heteroatoms. The van der Waals surface area contributed by atoms with Crippen LogP contribution in [0.4, 0.5) is 0 Å². The highest BCUT2D eigenvalue weighted by Crippen LogP contribution is 2.32. The lowest BCUT2D eigenvalue weighted by Crippen LogP contribution is -2.36. The van der Waals surface area contributed by atoms with Crippen molar-refractivity contribution in [2.75, 3.05) is 39.5 Å². The molecular formula is C22H27BrN2O5S. The highest BCUT2D eigenvalue weighted by Gasteiger charge is 2.21. The molecule has 1 aliphatic heterocycles. The molecule has 0 radical (unpaired) electrons. The van der Waals surface area contributed by atoms with E-state index in [1.54, 1.807) is 24.3 Å². The van der Waals surface area contributed by atoms with Crippen LogP contribution in [-0.4, -0.2) is 68.8 Å². The number of hydrogen-bond donors (Lipinski definition) is 1. The molecule has 3 rings (SSSR count). The summed E-state index contributed by atoms with van der Waals surface area (Å²) in [5.41, 5.74) is 1.82. The summed E-state index contributed by atoms with van der Waals surface area (Å²) in [6, 6.07) is 10.2. The summed E-state index contributed by atoms with van der Waals surface area (Å²) in [7, 11) is -1.72. The van der Waals surface area contributed by atoms with E-state index in [9.17, 15) is 18.3 Å². The number of rotatable bonds is 6. The fourth-order valence-electron chi connectivity index (χ4n) is 3.64. The molecule has 0 bridgehead atoms. The molecule has 0 saturated carbocycles. The zero-order valence-electron chi connectivity index (χ0n) is 17.7. The third-order valence-electron chi connectivity index (χ3n) is 5.39. The molecule has 31 heavy (non-hydrogen) atoms. The Morgan fingerprint density at radius 2 is 1.84 bits per heavy atom. The van der Waals surface area contributed by atoms with Crippen LogP contribution >= 0.6 is 15.9 Å². The lowest BCUT2D eigenvalue weighted by Gasteiger charge is -2.22. The molecule has 7 nitrogen and oxygen atoms in total. The van der Waals surface area contributed by atoms with E-state index in [2.05, 4.69) is 20.8 Å². The van der Waals surface area contributed by atoms with Crippen molar-refractivity contribution in [3.8, 4) is 11.5 Å². The fourth-order valence-corrected chi connectivity index (χ4v) is 4.74. The molecule has 0 atom stereocenters. The molecule has 0 unspecified atom stereocenters. The van der Waals surface area contributed by atoms with Crippen LogP contribution < -0.4 is 4.74 Å². The van der Waals surface area contributed by atoms with E-state index in [0.717, 1.165) is 30.6 Å². The van der Waals surface area contributed by atoms with Crippen LogP contribution in [0.25, 0.3) is 0 Å². The third-order valence-corrected chi connectivity index (χ3v) is 7.26. The topological polar surface area (TPSA) is 87.2 Å². The first-order chi connectivity index (χ1) is 14.7. The van der Waals surface area contributed by atoms with Gasteiger partial charge in [0.1, 0.15) is 0 Å². The van der Waals surface area contributed by atoms with E-state index >= 15 is 0 Å². The number of carbonyl (C=O) groups is 1. The van der Waals surface area contributed by atoms with E-state index in [1.165, 1.54) is 13.4 Å². The van der Waals surface area contributed by atoms with Crippen LogP contribution in [0.3, 0.4) is 0 Å². The highest BCUT2D eigenvalue weighted by molar-refractivity contribution is 9.10. The van der Waals surface area contributed by atoms with Gasteiger partial charge in [-0.05, 0) is 41.8 Å². The van der Waals surface area contributed by atoms with Crippen LogP contribution in [-0.2, 0) is 27.6 Å². The minimum absolute atomic E-state index is 0.0283. The molecule has 1 aliphatic rings. The lowest BCUT2D eigenvalue weighted by molar-refractivity contribution is -0.130. The van der Waals surface area contributed by atoms with Gasteiger partial charge in [-0.25, -0.2) is 8.42 Å². The Morgan fingerprint density at radius 3 is 2.48 bits per heavy atom. The summed E-state index contributed by atoms with van der Waals surface area (Å²) >= 11 is 3.41. The van der Waals surface area contributed by atoms with Gasteiger partial charge in [0.2, 0.25) is 5.91 Å². The SMILES string of the molecule is COc1cc(CC(=O)N2CCCN(Cc3ccc(S(C)(=O)=O)cc3)CC2)c(Br)cc1O. The second kappa shape index (κ2) is 10.0. The molecule has 1 saturated heterocycles. The molecule has 0 aliphatic carbocycles. The smallest absolute Gasteiger partial charge is 0.227 e. The number of carbonyl (C=O) groups excluding carboxylic acids is 1. The number of hydrogen-bond acceptors (Lipinski definition) is 6. The molecule has 1 amide bonds. The Morgan fingerprint density at radius 1 is 1.13 bits per heavy atom. The van der Waals surface area contributed by atoms with Crippen LogP contribution in [0.15, 0.2) is 45.8 Å². The minimum atomic E-state index is -3.19. The predicted molar refractivity (Wildman–Crippen MR) is 122 cm³/mol. The number of ether oxygens (including phenoxy) is 1. The summed E-state index contributed by atoms with van der Waals surface area (Å²) < 4.78 is 29.1. The van der Waals surface area contributed by atoms with Gasteiger partial charge < -0.3 is 14.7 Å². The van der Waals surface area contributed by atoms with Gasteiger partial charge in [-0.15, -0.1) is 0 Å². The summed E-state index contributed by atoms with van der Waals surface area (Å²) in [5, 5.41) is 9.86. The molecule has 0 aromatic heterocycles. The quantitative estimate of drug-likeness (QED) is 0.642. The summed E-state index contributed by atoms with van der Waals surface area (Å²) in [6.07, 6.45) is 2.30. The van der Waals surface area contributed by atoms with Gasteiger partial charge in [0.25, 0.3) is 0 Å². The molecule has 2 aromatic rings. The van der Waals surface area contributed by atoms with E-state index in [-0.39, 0.29) is 18.1 Å². The largest absolute Gasteiger partial charge is 0.504 e. The molecule has 1 N–H and O–H groups in total. The summed E-state index contributed by atoms with van der Waals surface area (Å²) in [4.78, 5) is 17.4. The van der Waals surface area contributed by atoms with Crippen molar-refractivity contribution >= 4 is 31.7 Å². The Labute approximate surface area is 191 Å². The van der Waals surface area contributed by atoms with E-state index in [0.29, 0.717) is 34.8 Å². The van der Waals surface area contributed by atoms with Crippen LogP contribution in [0.1, 0.15) is 17.5 Å². The van der Waals surface area contributed by atoms with Gasteiger partial charge in [-0.2, -0.15) is 0 Å². The number of halogens is 1. The number of benzene rings is 2. The highest BCUT2D eigenvalue weighted by atomic mass is 79.9. The maximum absolute atomic E-state index is 12.9. The molecular weight excluding hydrogens is 484 g/mol. The van der Waals surface area contributed by atoms with Crippen LogP contribution in [0, 0.1) is 0 Å². The maximum atomic E-state index is 12.9. The molecule has 2 aromatic carbocycles.